The Hall–Kier alpha value is -4.34. The van der Waals surface area contributed by atoms with Gasteiger partial charge in [-0.25, -0.2) is 23.2 Å². The van der Waals surface area contributed by atoms with E-state index in [9.17, 15) is 48.2 Å². The van der Waals surface area contributed by atoms with Crippen molar-refractivity contribution < 1.29 is 70.3 Å². The number of hydrogen-bond acceptors (Lipinski definition) is 20. The van der Waals surface area contributed by atoms with Gasteiger partial charge in [-0.15, -0.1) is 0 Å². The Bertz CT molecular complexity index is 2590. The first kappa shape index (κ1) is 41.8. The number of ether oxygens (including phenoxy) is 2. The number of morpholine rings is 1. The Kier molecular flexibility index (Phi) is 11.5. The molecule has 7 rings (SSSR count). The summed E-state index contributed by atoms with van der Waals surface area (Å²) >= 11 is 0. The number of aliphatic hydroxyl groups is 2. The molecule has 9 atom stereocenters. The van der Waals surface area contributed by atoms with Crippen LogP contribution in [-0.4, -0.2) is 120 Å². The Morgan fingerprint density at radius 3 is 2.34 bits per heavy atom. The third kappa shape index (κ3) is 9.11. The summed E-state index contributed by atoms with van der Waals surface area (Å²) in [5.41, 5.74) is 11.0. The minimum Gasteiger partial charge on any atom is -0.387 e. The molecule has 2 aliphatic heterocycles. The van der Waals surface area contributed by atoms with Crippen LogP contribution in [-0.2, 0) is 54.4 Å². The first-order chi connectivity index (χ1) is 27.3. The lowest BCUT2D eigenvalue weighted by Gasteiger charge is -2.36. The van der Waals surface area contributed by atoms with Gasteiger partial charge in [-0.3, -0.25) is 47.6 Å². The van der Waals surface area contributed by atoms with E-state index >= 15 is 0 Å². The number of anilines is 2. The van der Waals surface area contributed by atoms with Gasteiger partial charge in [0.15, 0.2) is 29.9 Å². The predicted octanol–water partition coefficient (Wildman–Crippen LogP) is -2.37. The van der Waals surface area contributed by atoms with Crippen molar-refractivity contribution in [3.63, 3.8) is 0 Å². The van der Waals surface area contributed by atoms with Crippen LogP contribution in [0.15, 0.2) is 46.8 Å². The number of phosphoric acid groups is 3. The van der Waals surface area contributed by atoms with Crippen LogP contribution in [0.2, 0.25) is 0 Å². The van der Waals surface area contributed by atoms with E-state index in [1.165, 1.54) is 15.5 Å². The molecule has 2 aliphatic rings. The standard InChI is InChI=1S/C27H35N12O16P3/c1-36-12-39(22-18(36)24(43)35-27(29)33-22)16-8-37(6-13-3-2-4-30-5-13)7-14(52-16)9-50-56(44,45)54-58(48,49)55-57(46,47)51-10-15-19(40)20(41)25(53-15)38-11-31-17-21(38)32-26(28)34-23(17)42/h2-5,11-12,14-16,19-20,25,40-41H,6-10H2,1H3,(H8-,28,29,32,33,34,35,42,43,44,45,46,47,48,49)/p+1/t14?,15-,16?,19-,20-,25-/m1/s1. The zero-order valence-electron chi connectivity index (χ0n) is 29.8. The number of H-pyrrole nitrogens is 2. The molecule has 58 heavy (non-hydrogen) atoms. The van der Waals surface area contributed by atoms with Crippen LogP contribution >= 0.6 is 23.5 Å². The van der Waals surface area contributed by atoms with Crippen molar-refractivity contribution >= 4 is 57.7 Å². The number of nitrogens with two attached hydrogens (primary N) is 2. The smallest absolute Gasteiger partial charge is 0.387 e. The minimum atomic E-state index is -5.95. The number of phosphoric ester groups is 2. The lowest BCUT2D eigenvalue weighted by atomic mass is 10.1. The van der Waals surface area contributed by atoms with Gasteiger partial charge < -0.3 is 45.8 Å². The zero-order chi connectivity index (χ0) is 41.7. The largest absolute Gasteiger partial charge is 0.490 e. The lowest BCUT2D eigenvalue weighted by Crippen LogP contribution is -2.55. The molecular formula is C27H36N12O16P3+. The number of rotatable bonds is 14. The SMILES string of the molecule is Cn1c[n+](C2CN(Cc3cccnc3)CC(COP(=O)(O)OP(=O)(O)OP(=O)(O)OC[C@H]3O[C@@H](n4cnc5c(=O)[nH]c(N)nc54)[C@H](O)[C@@H]3O)O2)c2nc(N)[nH]c(=O)c21. The molecule has 5 unspecified atom stereocenters. The van der Waals surface area contributed by atoms with Crippen molar-refractivity contribution in [3.8, 4) is 0 Å². The molecule has 28 nitrogen and oxygen atoms in total. The number of pyridine rings is 1. The summed E-state index contributed by atoms with van der Waals surface area (Å²) in [4.78, 5) is 78.2. The Balaban J connectivity index is 0.983. The number of nitrogen functional groups attached to an aromatic ring is 2. The van der Waals surface area contributed by atoms with E-state index < -0.39 is 84.7 Å². The van der Waals surface area contributed by atoms with Gasteiger partial charge in [-0.1, -0.05) is 11.1 Å². The van der Waals surface area contributed by atoms with Gasteiger partial charge in [0.05, 0.1) is 39.2 Å². The quantitative estimate of drug-likeness (QED) is 0.0416. The van der Waals surface area contributed by atoms with Gasteiger partial charge in [-0.2, -0.15) is 13.6 Å². The monoisotopic (exact) mass is 877 g/mol. The molecule has 0 amide bonds. The van der Waals surface area contributed by atoms with Gasteiger partial charge in [-0.05, 0) is 11.6 Å². The van der Waals surface area contributed by atoms with Crippen LogP contribution < -0.4 is 27.2 Å². The summed E-state index contributed by atoms with van der Waals surface area (Å²) in [5, 5.41) is 21.1. The molecule has 314 valence electrons. The maximum Gasteiger partial charge on any atom is 0.490 e. The fraction of sp³-hybridized carbons (Fsp3) is 0.444. The fourth-order valence-corrected chi connectivity index (χ4v) is 9.93. The second-order valence-corrected chi connectivity index (χ2v) is 17.6. The van der Waals surface area contributed by atoms with Crippen LogP contribution in [0, 0.1) is 0 Å². The van der Waals surface area contributed by atoms with Crippen molar-refractivity contribution in [2.45, 2.75) is 43.4 Å². The van der Waals surface area contributed by atoms with Crippen molar-refractivity contribution in [1.29, 1.82) is 0 Å². The maximum atomic E-state index is 12.9. The summed E-state index contributed by atoms with van der Waals surface area (Å²) in [6.07, 6.45) is -2.72. The van der Waals surface area contributed by atoms with Crippen LogP contribution in [0.5, 0.6) is 0 Å². The molecule has 5 aromatic rings. The summed E-state index contributed by atoms with van der Waals surface area (Å²) in [6, 6.07) is 3.55. The molecule has 0 bridgehead atoms. The molecule has 2 fully saturated rings. The number of nitrogens with zero attached hydrogens (tertiary/aromatic N) is 8. The highest BCUT2D eigenvalue weighted by Gasteiger charge is 2.48. The van der Waals surface area contributed by atoms with Crippen molar-refractivity contribution in [3.05, 3.63) is 63.5 Å². The van der Waals surface area contributed by atoms with Crippen LogP contribution in [0.25, 0.3) is 22.3 Å². The molecule has 0 aromatic carbocycles. The third-order valence-corrected chi connectivity index (χ3v) is 13.0. The fourth-order valence-electron chi connectivity index (χ4n) is 6.39. The summed E-state index contributed by atoms with van der Waals surface area (Å²) < 4.78 is 72.1. The van der Waals surface area contributed by atoms with Gasteiger partial charge in [0.1, 0.15) is 18.3 Å². The third-order valence-electron chi connectivity index (χ3n) is 8.75. The zero-order valence-corrected chi connectivity index (χ0v) is 32.4. The molecule has 31 heteroatoms. The topological polar surface area (TPSA) is 394 Å². The van der Waals surface area contributed by atoms with E-state index in [1.807, 2.05) is 11.0 Å². The Labute approximate surface area is 323 Å². The molecule has 7 heterocycles. The van der Waals surface area contributed by atoms with E-state index in [0.717, 1.165) is 16.5 Å². The molecule has 0 spiro atoms. The summed E-state index contributed by atoms with van der Waals surface area (Å²) in [7, 11) is -15.6. The number of hydrogen-bond donors (Lipinski definition) is 9. The van der Waals surface area contributed by atoms with Crippen LogP contribution in [0.4, 0.5) is 11.9 Å². The molecule has 0 saturated carbocycles. The number of nitrogens with one attached hydrogen (secondary N) is 2. The summed E-state index contributed by atoms with van der Waals surface area (Å²) in [6.45, 7) is -1.20. The van der Waals surface area contributed by atoms with E-state index in [1.54, 1.807) is 25.5 Å². The first-order valence-corrected chi connectivity index (χ1v) is 21.2. The van der Waals surface area contributed by atoms with Gasteiger partial charge >= 0.3 is 29.1 Å². The molecule has 5 aromatic heterocycles. The minimum absolute atomic E-state index is 0.0738. The number of aromatic amines is 2. The van der Waals surface area contributed by atoms with Crippen LogP contribution in [0.3, 0.4) is 0 Å². The number of aryl methyl sites for hydroxylation is 1. The molecule has 11 N–H and O–H groups in total. The highest BCUT2D eigenvalue weighted by atomic mass is 31.3. The maximum absolute atomic E-state index is 12.9. The van der Waals surface area contributed by atoms with E-state index in [0.29, 0.717) is 6.54 Å². The van der Waals surface area contributed by atoms with Crippen molar-refractivity contribution in [1.82, 2.24) is 43.9 Å². The second-order valence-electron chi connectivity index (χ2n) is 13.0. The van der Waals surface area contributed by atoms with Gasteiger partial charge in [0.2, 0.25) is 11.5 Å². The average molecular weight is 878 g/mol. The van der Waals surface area contributed by atoms with E-state index in [4.69, 9.17) is 25.5 Å². The predicted molar refractivity (Wildman–Crippen MR) is 191 cm³/mol. The first-order valence-electron chi connectivity index (χ1n) is 16.7. The summed E-state index contributed by atoms with van der Waals surface area (Å²) in [5.74, 6) is -0.453. The second kappa shape index (κ2) is 16.0. The van der Waals surface area contributed by atoms with Gasteiger partial charge in [0, 0.05) is 25.5 Å². The molecule has 0 aliphatic carbocycles. The van der Waals surface area contributed by atoms with E-state index in [-0.39, 0.29) is 47.3 Å². The van der Waals surface area contributed by atoms with Crippen LogP contribution in [0.1, 0.15) is 18.0 Å². The van der Waals surface area contributed by atoms with Crippen molar-refractivity contribution in [2.75, 3.05) is 37.8 Å². The highest BCUT2D eigenvalue weighted by Crippen LogP contribution is 2.67. The van der Waals surface area contributed by atoms with Crippen molar-refractivity contribution in [2.24, 2.45) is 7.05 Å². The van der Waals surface area contributed by atoms with E-state index in [2.05, 4.69) is 43.0 Å². The molecular weight excluding hydrogens is 841 g/mol. The normalized spacial score (nSPS) is 26.1. The number of aliphatic hydroxyl groups excluding tert-OH is 2. The number of imidazole rings is 2. The number of fused-ring (bicyclic) bond motifs is 2. The molecule has 2 saturated heterocycles. The highest BCUT2D eigenvalue weighted by molar-refractivity contribution is 7.66. The molecule has 0 radical (unpaired) electrons. The number of aromatic nitrogens is 9. The average Bonchev–Trinajstić information content (AvgIpc) is 3.78. The Morgan fingerprint density at radius 1 is 0.948 bits per heavy atom. The van der Waals surface area contributed by atoms with Gasteiger partial charge in [0.25, 0.3) is 17.1 Å². The lowest BCUT2D eigenvalue weighted by molar-refractivity contribution is -0.747. The Morgan fingerprint density at radius 2 is 1.64 bits per heavy atom.